The summed E-state index contributed by atoms with van der Waals surface area (Å²) in [4.78, 5) is 19.4. The second-order valence-corrected chi connectivity index (χ2v) is 7.30. The van der Waals surface area contributed by atoms with Crippen LogP contribution in [0.5, 0.6) is 0 Å². The highest BCUT2D eigenvalue weighted by Crippen LogP contribution is 2.29. The lowest BCUT2D eigenvalue weighted by Crippen LogP contribution is -2.38. The smallest absolute Gasteiger partial charge is 0.256 e. The van der Waals surface area contributed by atoms with Crippen molar-refractivity contribution in [2.75, 3.05) is 13.1 Å². The van der Waals surface area contributed by atoms with Crippen LogP contribution in [0.15, 0.2) is 59.4 Å². The topological polar surface area (TPSA) is 103 Å². The Morgan fingerprint density at radius 1 is 1.06 bits per heavy atom. The number of hydrogen-bond acceptors (Lipinski definition) is 7. The minimum absolute atomic E-state index is 0.0675. The van der Waals surface area contributed by atoms with Crippen LogP contribution >= 0.6 is 0 Å². The quantitative estimate of drug-likeness (QED) is 0.501. The molecule has 9 nitrogen and oxygen atoms in total. The highest BCUT2D eigenvalue weighted by molar-refractivity contribution is 5.97. The van der Waals surface area contributed by atoms with Gasteiger partial charge in [0.25, 0.3) is 5.91 Å². The van der Waals surface area contributed by atoms with Crippen molar-refractivity contribution >= 4 is 5.91 Å². The Bertz CT molecular complexity index is 1180. The van der Waals surface area contributed by atoms with Crippen LogP contribution in [0.3, 0.4) is 0 Å². The van der Waals surface area contributed by atoms with Crippen molar-refractivity contribution in [3.05, 3.63) is 72.1 Å². The molecule has 31 heavy (non-hydrogen) atoms. The van der Waals surface area contributed by atoms with Gasteiger partial charge in [-0.25, -0.2) is 4.39 Å². The Balaban J connectivity index is 1.27. The van der Waals surface area contributed by atoms with E-state index in [-0.39, 0.29) is 17.6 Å². The molecule has 0 unspecified atom stereocenters. The summed E-state index contributed by atoms with van der Waals surface area (Å²) >= 11 is 0. The van der Waals surface area contributed by atoms with Crippen molar-refractivity contribution in [1.29, 1.82) is 0 Å². The third-order valence-electron chi connectivity index (χ3n) is 5.41. The van der Waals surface area contributed by atoms with Gasteiger partial charge in [0, 0.05) is 24.6 Å². The average Bonchev–Trinajstić information content (AvgIpc) is 3.52. The monoisotopic (exact) mass is 419 g/mol. The van der Waals surface area contributed by atoms with E-state index >= 15 is 0 Å². The van der Waals surface area contributed by atoms with E-state index < -0.39 is 0 Å². The van der Waals surface area contributed by atoms with Crippen molar-refractivity contribution in [3.63, 3.8) is 0 Å². The summed E-state index contributed by atoms with van der Waals surface area (Å²) in [5, 5.41) is 15.2. The number of para-hydroxylation sites is 1. The minimum Gasteiger partial charge on any atom is -0.339 e. The second kappa shape index (κ2) is 8.05. The Morgan fingerprint density at radius 2 is 1.84 bits per heavy atom. The Hall–Kier alpha value is -3.95. The van der Waals surface area contributed by atoms with Crippen LogP contribution in [-0.4, -0.2) is 54.2 Å². The maximum Gasteiger partial charge on any atom is 0.256 e. The van der Waals surface area contributed by atoms with Crippen molar-refractivity contribution in [1.82, 2.24) is 35.2 Å². The van der Waals surface area contributed by atoms with Crippen molar-refractivity contribution < 1.29 is 13.7 Å². The molecule has 3 heterocycles. The molecular formula is C21H18FN7O2. The van der Waals surface area contributed by atoms with Gasteiger partial charge in [-0.2, -0.15) is 9.67 Å². The van der Waals surface area contributed by atoms with Crippen LogP contribution in [-0.2, 0) is 0 Å². The zero-order valence-electron chi connectivity index (χ0n) is 16.4. The number of carbonyl (C=O) groups excluding carboxylic acids is 1. The van der Waals surface area contributed by atoms with Crippen molar-refractivity contribution in [3.8, 4) is 17.1 Å². The number of amides is 1. The number of hydrogen-bond donors (Lipinski definition) is 0. The number of nitrogens with zero attached hydrogens (tertiary/aromatic N) is 7. The van der Waals surface area contributed by atoms with Gasteiger partial charge in [-0.05, 0) is 59.7 Å². The van der Waals surface area contributed by atoms with Crippen LogP contribution in [0.1, 0.15) is 35.0 Å². The number of halogens is 1. The van der Waals surface area contributed by atoms with Gasteiger partial charge in [0.05, 0.1) is 11.3 Å². The number of piperidine rings is 1. The molecule has 0 saturated carbocycles. The number of carbonyl (C=O) groups is 1. The Kier molecular flexibility index (Phi) is 4.95. The first-order valence-corrected chi connectivity index (χ1v) is 9.90. The van der Waals surface area contributed by atoms with Crippen LogP contribution in [0.2, 0.25) is 0 Å². The molecule has 10 heteroatoms. The molecule has 0 bridgehead atoms. The molecule has 4 aromatic rings. The summed E-state index contributed by atoms with van der Waals surface area (Å²) in [6, 6.07) is 13.2. The molecule has 1 aliphatic rings. The van der Waals surface area contributed by atoms with E-state index in [1.165, 1.54) is 23.1 Å². The maximum atomic E-state index is 13.1. The Labute approximate surface area is 176 Å². The van der Waals surface area contributed by atoms with Gasteiger partial charge in [0.1, 0.15) is 12.1 Å². The zero-order valence-corrected chi connectivity index (χ0v) is 16.4. The van der Waals surface area contributed by atoms with E-state index in [1.807, 2.05) is 23.1 Å². The highest BCUT2D eigenvalue weighted by Gasteiger charge is 2.29. The number of aromatic nitrogens is 6. The van der Waals surface area contributed by atoms with Gasteiger partial charge >= 0.3 is 0 Å². The molecule has 1 amide bonds. The number of likely N-dealkylation sites (tertiary alicyclic amines) is 1. The molecule has 0 spiro atoms. The normalized spacial score (nSPS) is 14.7. The van der Waals surface area contributed by atoms with Gasteiger partial charge in [-0.3, -0.25) is 4.79 Å². The van der Waals surface area contributed by atoms with E-state index in [0.717, 1.165) is 0 Å². The van der Waals surface area contributed by atoms with Crippen LogP contribution in [0.4, 0.5) is 4.39 Å². The minimum atomic E-state index is -0.314. The molecular weight excluding hydrogens is 401 g/mol. The van der Waals surface area contributed by atoms with Crippen LogP contribution in [0.25, 0.3) is 17.1 Å². The molecule has 5 rings (SSSR count). The predicted octanol–water partition coefficient (Wildman–Crippen LogP) is 2.87. The molecule has 1 aliphatic heterocycles. The van der Waals surface area contributed by atoms with Crippen molar-refractivity contribution in [2.24, 2.45) is 0 Å². The van der Waals surface area contributed by atoms with Crippen LogP contribution < -0.4 is 0 Å². The predicted molar refractivity (Wildman–Crippen MR) is 107 cm³/mol. The van der Waals surface area contributed by atoms with Gasteiger partial charge in [-0.1, -0.05) is 17.3 Å². The first-order chi connectivity index (χ1) is 15.2. The van der Waals surface area contributed by atoms with Gasteiger partial charge in [0.2, 0.25) is 11.7 Å². The fraction of sp³-hybridized carbons (Fsp3) is 0.238. The molecule has 156 valence electrons. The lowest BCUT2D eigenvalue weighted by atomic mass is 9.96. The maximum absolute atomic E-state index is 13.1. The molecule has 2 aromatic heterocycles. The van der Waals surface area contributed by atoms with E-state index in [4.69, 9.17) is 4.52 Å². The van der Waals surface area contributed by atoms with Crippen molar-refractivity contribution in [2.45, 2.75) is 18.8 Å². The summed E-state index contributed by atoms with van der Waals surface area (Å²) in [5.41, 5.74) is 1.88. The second-order valence-electron chi connectivity index (χ2n) is 7.30. The third-order valence-corrected chi connectivity index (χ3v) is 5.41. The molecule has 0 atom stereocenters. The first kappa shape index (κ1) is 19.0. The molecule has 1 saturated heterocycles. The average molecular weight is 419 g/mol. The van der Waals surface area contributed by atoms with E-state index in [1.54, 1.807) is 18.2 Å². The first-order valence-electron chi connectivity index (χ1n) is 9.90. The molecule has 2 aromatic carbocycles. The van der Waals surface area contributed by atoms with E-state index in [9.17, 15) is 9.18 Å². The van der Waals surface area contributed by atoms with Gasteiger partial charge in [0.15, 0.2) is 0 Å². The summed E-state index contributed by atoms with van der Waals surface area (Å²) in [6.07, 6.45) is 2.89. The molecule has 0 N–H and O–H groups in total. The zero-order chi connectivity index (χ0) is 21.2. The molecule has 1 fully saturated rings. The summed E-state index contributed by atoms with van der Waals surface area (Å²) in [6.45, 7) is 1.14. The number of rotatable bonds is 4. The van der Waals surface area contributed by atoms with E-state index in [0.29, 0.717) is 54.5 Å². The number of benzene rings is 2. The van der Waals surface area contributed by atoms with E-state index in [2.05, 4.69) is 25.7 Å². The van der Waals surface area contributed by atoms with Gasteiger partial charge in [-0.15, -0.1) is 5.10 Å². The fourth-order valence-corrected chi connectivity index (χ4v) is 3.74. The largest absolute Gasteiger partial charge is 0.339 e. The highest BCUT2D eigenvalue weighted by atomic mass is 19.1. The summed E-state index contributed by atoms with van der Waals surface area (Å²) in [5.74, 6) is 0.665. The lowest BCUT2D eigenvalue weighted by Gasteiger charge is -2.30. The SMILES string of the molecule is O=C(c1ccccc1-n1cnnn1)N1CCC(c2nc(-c3ccc(F)cc3)no2)CC1. The van der Waals surface area contributed by atoms with Gasteiger partial charge < -0.3 is 9.42 Å². The number of tetrazole rings is 1. The standard InChI is InChI=1S/C21H18FN7O2/c22-16-7-5-14(6-8-16)19-24-20(31-25-19)15-9-11-28(12-10-15)21(30)17-3-1-2-4-18(17)29-13-23-26-27-29/h1-8,13,15H,9-12H2. The Morgan fingerprint density at radius 3 is 2.58 bits per heavy atom. The molecule has 0 radical (unpaired) electrons. The third kappa shape index (κ3) is 3.79. The summed E-state index contributed by atoms with van der Waals surface area (Å²) in [7, 11) is 0. The lowest BCUT2D eigenvalue weighted by molar-refractivity contribution is 0.0704. The fourth-order valence-electron chi connectivity index (χ4n) is 3.74. The molecule has 0 aliphatic carbocycles. The van der Waals surface area contributed by atoms with Crippen LogP contribution in [0, 0.1) is 5.82 Å². The summed E-state index contributed by atoms with van der Waals surface area (Å²) < 4.78 is 20.1.